The number of nitrogens with zero attached hydrogens (tertiary/aromatic N) is 4. The van der Waals surface area contributed by atoms with E-state index in [1.54, 1.807) is 28.8 Å². The van der Waals surface area contributed by atoms with Crippen molar-refractivity contribution in [1.82, 2.24) is 19.7 Å². The number of fused-ring (bicyclic) bond motifs is 1. The van der Waals surface area contributed by atoms with Crippen molar-refractivity contribution in [2.45, 2.75) is 32.0 Å². The summed E-state index contributed by atoms with van der Waals surface area (Å²) in [6.45, 7) is 8.85. The topological polar surface area (TPSA) is 63.7 Å². The molecule has 3 heterocycles. The monoisotopic (exact) mass is 405 g/mol. The standard InChI is InChI=1S/C18H14F3N5OS/c1-9-5-12(11-6-13(22-2)28-7-11)24-16-14(23-8-26(9)16)17(27)25-15(10-3-4-10)18(19,20)21/h5-8,10,15H,3-4H2,1H3,(H,25,27). The van der Waals surface area contributed by atoms with Gasteiger partial charge in [-0.25, -0.2) is 14.8 Å². The molecule has 144 valence electrons. The largest absolute Gasteiger partial charge is 0.408 e. The summed E-state index contributed by atoms with van der Waals surface area (Å²) in [4.78, 5) is 24.4. The number of halogens is 3. The molecule has 1 unspecified atom stereocenters. The Morgan fingerprint density at radius 3 is 2.79 bits per heavy atom. The summed E-state index contributed by atoms with van der Waals surface area (Å²) in [7, 11) is 0. The van der Waals surface area contributed by atoms with Gasteiger partial charge in [0.15, 0.2) is 11.3 Å². The molecule has 1 saturated carbocycles. The van der Waals surface area contributed by atoms with Crippen LogP contribution in [-0.4, -0.2) is 32.5 Å². The van der Waals surface area contributed by atoms with Crippen LogP contribution in [0.25, 0.3) is 21.7 Å². The van der Waals surface area contributed by atoms with E-state index in [1.807, 2.05) is 0 Å². The number of amides is 1. The molecule has 1 amide bonds. The van der Waals surface area contributed by atoms with Crippen molar-refractivity contribution in [2.75, 3.05) is 0 Å². The molecule has 3 aromatic heterocycles. The molecule has 1 aliphatic rings. The molecule has 0 saturated heterocycles. The van der Waals surface area contributed by atoms with Gasteiger partial charge in [-0.15, -0.1) is 0 Å². The zero-order valence-electron chi connectivity index (χ0n) is 14.6. The van der Waals surface area contributed by atoms with Gasteiger partial charge in [-0.2, -0.15) is 24.5 Å². The van der Waals surface area contributed by atoms with Crippen molar-refractivity contribution in [2.24, 2.45) is 5.92 Å². The molecule has 1 aliphatic carbocycles. The summed E-state index contributed by atoms with van der Waals surface area (Å²) in [6.07, 6.45) is -2.25. The van der Waals surface area contributed by atoms with Gasteiger partial charge >= 0.3 is 6.18 Å². The van der Waals surface area contributed by atoms with Crippen LogP contribution in [0.15, 0.2) is 23.8 Å². The lowest BCUT2D eigenvalue weighted by Gasteiger charge is -2.20. The number of imidazole rings is 1. The molecule has 1 N–H and O–H groups in total. The highest BCUT2D eigenvalue weighted by molar-refractivity contribution is 7.14. The molecule has 3 aromatic rings. The summed E-state index contributed by atoms with van der Waals surface area (Å²) < 4.78 is 41.3. The van der Waals surface area contributed by atoms with Crippen LogP contribution < -0.4 is 5.32 Å². The third-order valence-electron chi connectivity index (χ3n) is 4.63. The van der Waals surface area contributed by atoms with Gasteiger partial charge in [0.2, 0.25) is 5.00 Å². The Bertz CT molecular complexity index is 1110. The maximum Gasteiger partial charge on any atom is 0.408 e. The molecule has 1 fully saturated rings. The van der Waals surface area contributed by atoms with Crippen LogP contribution in [0, 0.1) is 19.4 Å². The number of aromatic nitrogens is 3. The lowest BCUT2D eigenvalue weighted by atomic mass is 10.1. The van der Waals surface area contributed by atoms with Gasteiger partial charge in [-0.1, -0.05) is 0 Å². The first-order chi connectivity index (χ1) is 13.3. The van der Waals surface area contributed by atoms with Crippen LogP contribution in [-0.2, 0) is 0 Å². The molecule has 1 atom stereocenters. The molecular formula is C18H14F3N5OS. The van der Waals surface area contributed by atoms with E-state index in [2.05, 4.69) is 20.1 Å². The summed E-state index contributed by atoms with van der Waals surface area (Å²) in [5.74, 6) is -1.48. The Morgan fingerprint density at radius 2 is 2.18 bits per heavy atom. The molecule has 0 radical (unpaired) electrons. The van der Waals surface area contributed by atoms with Gasteiger partial charge in [-0.05, 0) is 48.8 Å². The Morgan fingerprint density at radius 1 is 1.43 bits per heavy atom. The van der Waals surface area contributed by atoms with E-state index >= 15 is 0 Å². The van der Waals surface area contributed by atoms with Crippen LogP contribution in [0.4, 0.5) is 18.2 Å². The highest BCUT2D eigenvalue weighted by Gasteiger charge is 2.50. The zero-order chi connectivity index (χ0) is 20.1. The average Bonchev–Trinajstić information content (AvgIpc) is 3.18. The van der Waals surface area contributed by atoms with E-state index in [-0.39, 0.29) is 11.3 Å². The maximum atomic E-state index is 13.2. The first-order valence-electron chi connectivity index (χ1n) is 8.46. The summed E-state index contributed by atoms with van der Waals surface area (Å²) >= 11 is 1.27. The highest BCUT2D eigenvalue weighted by atomic mass is 32.1. The number of hydrogen-bond donors (Lipinski definition) is 1. The summed E-state index contributed by atoms with van der Waals surface area (Å²) in [6, 6.07) is 1.58. The van der Waals surface area contributed by atoms with Crippen molar-refractivity contribution in [3.05, 3.63) is 46.6 Å². The molecule has 6 nitrogen and oxygen atoms in total. The number of thiophene rings is 1. The first-order valence-corrected chi connectivity index (χ1v) is 9.34. The van der Waals surface area contributed by atoms with E-state index in [9.17, 15) is 18.0 Å². The number of hydrogen-bond acceptors (Lipinski definition) is 4. The number of alkyl halides is 3. The minimum atomic E-state index is -4.51. The quantitative estimate of drug-likeness (QED) is 0.655. The van der Waals surface area contributed by atoms with Gasteiger partial charge in [0.05, 0.1) is 12.3 Å². The molecule has 10 heteroatoms. The highest BCUT2D eigenvalue weighted by Crippen LogP contribution is 2.40. The van der Waals surface area contributed by atoms with E-state index in [0.717, 1.165) is 5.69 Å². The molecule has 4 rings (SSSR count). The lowest BCUT2D eigenvalue weighted by Crippen LogP contribution is -2.47. The molecule has 0 bridgehead atoms. The van der Waals surface area contributed by atoms with Crippen molar-refractivity contribution < 1.29 is 18.0 Å². The van der Waals surface area contributed by atoms with E-state index in [4.69, 9.17) is 6.57 Å². The van der Waals surface area contributed by atoms with Gasteiger partial charge in [0, 0.05) is 5.69 Å². The number of aryl methyl sites for hydroxylation is 1. The predicted octanol–water partition coefficient (Wildman–Crippen LogP) is 4.39. The smallest absolute Gasteiger partial charge is 0.339 e. The number of carbonyl (C=O) groups excluding carboxylic acids is 1. The molecule has 28 heavy (non-hydrogen) atoms. The average molecular weight is 405 g/mol. The Hall–Kier alpha value is -2.93. The van der Waals surface area contributed by atoms with Crippen LogP contribution in [0.3, 0.4) is 0 Å². The van der Waals surface area contributed by atoms with Gasteiger partial charge in [0.1, 0.15) is 12.4 Å². The molecule has 0 aromatic carbocycles. The van der Waals surface area contributed by atoms with Crippen LogP contribution in [0.5, 0.6) is 0 Å². The van der Waals surface area contributed by atoms with Gasteiger partial charge in [0.25, 0.3) is 5.91 Å². The SMILES string of the molecule is [C-]#[N+]c1cc(-c2cc(C)n3cnc(C(=O)NC(C4CC4)C(F)(F)F)c3n2)cs1. The van der Waals surface area contributed by atoms with Crippen LogP contribution >= 0.6 is 11.3 Å². The van der Waals surface area contributed by atoms with E-state index < -0.39 is 24.0 Å². The van der Waals surface area contributed by atoms with E-state index in [0.29, 0.717) is 29.1 Å². The van der Waals surface area contributed by atoms with Crippen molar-refractivity contribution >= 4 is 27.9 Å². The second-order valence-electron chi connectivity index (χ2n) is 6.69. The second kappa shape index (κ2) is 6.60. The zero-order valence-corrected chi connectivity index (χ0v) is 15.4. The van der Waals surface area contributed by atoms with E-state index in [1.165, 1.54) is 17.7 Å². The minimum absolute atomic E-state index is 0.152. The fourth-order valence-corrected chi connectivity index (χ4v) is 3.74. The van der Waals surface area contributed by atoms with Crippen LogP contribution in [0.2, 0.25) is 0 Å². The van der Waals surface area contributed by atoms with Crippen LogP contribution in [0.1, 0.15) is 29.0 Å². The molecule has 0 aliphatic heterocycles. The fraction of sp³-hybridized carbons (Fsp3) is 0.333. The Labute approximate surface area is 161 Å². The van der Waals surface area contributed by atoms with Crippen molar-refractivity contribution in [3.63, 3.8) is 0 Å². The minimum Gasteiger partial charge on any atom is -0.339 e. The van der Waals surface area contributed by atoms with Crippen molar-refractivity contribution in [1.29, 1.82) is 0 Å². The normalized spacial score (nSPS) is 15.4. The number of carbonyl (C=O) groups is 1. The number of nitrogens with one attached hydrogen (secondary N) is 1. The molecule has 0 spiro atoms. The third kappa shape index (κ3) is 3.33. The number of rotatable bonds is 4. The summed E-state index contributed by atoms with van der Waals surface area (Å²) in [5, 5.41) is 4.36. The maximum absolute atomic E-state index is 13.2. The predicted molar refractivity (Wildman–Crippen MR) is 97.3 cm³/mol. The fourth-order valence-electron chi connectivity index (χ4n) is 3.05. The lowest BCUT2D eigenvalue weighted by molar-refractivity contribution is -0.158. The van der Waals surface area contributed by atoms with Gasteiger partial charge in [-0.3, -0.25) is 9.20 Å². The van der Waals surface area contributed by atoms with Crippen molar-refractivity contribution in [3.8, 4) is 11.3 Å². The first kappa shape index (κ1) is 18.4. The van der Waals surface area contributed by atoms with Gasteiger partial charge < -0.3 is 5.32 Å². The second-order valence-corrected chi connectivity index (χ2v) is 7.57. The summed E-state index contributed by atoms with van der Waals surface area (Å²) in [5.41, 5.74) is 1.98. The third-order valence-corrected chi connectivity index (χ3v) is 5.46. The molecular weight excluding hydrogens is 391 g/mol. The Balaban J connectivity index is 1.71. The Kier molecular flexibility index (Phi) is 4.34.